The number of carbonyl (C=O) groups is 1. The number of aryl methyl sites for hydroxylation is 2. The normalized spacial score (nSPS) is 11.1. The Bertz CT molecular complexity index is 1420. The van der Waals surface area contributed by atoms with Crippen LogP contribution in [0.3, 0.4) is 0 Å². The lowest BCUT2D eigenvalue weighted by atomic mass is 10.0. The molecule has 0 amide bonds. The van der Waals surface area contributed by atoms with Crippen LogP contribution in [0, 0.1) is 13.8 Å². The number of ketones is 1. The number of halogens is 1. The molecule has 0 aliphatic heterocycles. The molecule has 4 aromatic rings. The second-order valence-corrected chi connectivity index (χ2v) is 8.08. The van der Waals surface area contributed by atoms with Crippen LogP contribution < -0.4 is 11.1 Å². The summed E-state index contributed by atoms with van der Waals surface area (Å²) in [4.78, 5) is 39.1. The Morgan fingerprint density at radius 1 is 0.839 bits per heavy atom. The Hall–Kier alpha value is -3.44. The van der Waals surface area contributed by atoms with Gasteiger partial charge in [-0.2, -0.15) is 0 Å². The Labute approximate surface area is 184 Å². The molecule has 0 aliphatic rings. The van der Waals surface area contributed by atoms with Crippen molar-refractivity contribution in [1.82, 2.24) is 9.13 Å². The summed E-state index contributed by atoms with van der Waals surface area (Å²) >= 11 is 6.20. The lowest BCUT2D eigenvalue weighted by Gasteiger charge is -2.16. The Balaban J connectivity index is 1.86. The van der Waals surface area contributed by atoms with Crippen LogP contribution in [0.5, 0.6) is 0 Å². The van der Waals surface area contributed by atoms with Crippen molar-refractivity contribution in [3.05, 3.63) is 115 Å². The first-order valence-electron chi connectivity index (χ1n) is 9.92. The molecule has 4 rings (SSSR count). The van der Waals surface area contributed by atoms with E-state index in [-0.39, 0.29) is 18.9 Å². The van der Waals surface area contributed by atoms with E-state index in [4.69, 9.17) is 11.6 Å². The monoisotopic (exact) mass is 432 g/mol. The Morgan fingerprint density at radius 2 is 1.55 bits per heavy atom. The van der Waals surface area contributed by atoms with Gasteiger partial charge < -0.3 is 0 Å². The molecule has 0 bridgehead atoms. The lowest BCUT2D eigenvalue weighted by Crippen LogP contribution is -2.42. The van der Waals surface area contributed by atoms with Crippen LogP contribution in [-0.4, -0.2) is 14.9 Å². The number of hydrogen-bond donors (Lipinski definition) is 0. The van der Waals surface area contributed by atoms with Gasteiger partial charge in [0.15, 0.2) is 5.78 Å². The molecule has 31 heavy (non-hydrogen) atoms. The van der Waals surface area contributed by atoms with Gasteiger partial charge in [-0.25, -0.2) is 0 Å². The van der Waals surface area contributed by atoms with Gasteiger partial charge in [-0.05, 0) is 43.2 Å². The molecule has 0 saturated heterocycles. The molecule has 0 unspecified atom stereocenters. The van der Waals surface area contributed by atoms with E-state index in [2.05, 4.69) is 0 Å². The van der Waals surface area contributed by atoms with Gasteiger partial charge >= 0.3 is 11.1 Å². The summed E-state index contributed by atoms with van der Waals surface area (Å²) in [5, 5.41) is 0.421. The molecule has 1 aromatic heterocycles. The molecule has 0 radical (unpaired) electrons. The van der Waals surface area contributed by atoms with Crippen LogP contribution in [0.25, 0.3) is 11.0 Å². The summed E-state index contributed by atoms with van der Waals surface area (Å²) in [6.45, 7) is 3.82. The van der Waals surface area contributed by atoms with Crippen molar-refractivity contribution >= 4 is 28.4 Å². The number of fused-ring (bicyclic) bond motifs is 1. The van der Waals surface area contributed by atoms with Gasteiger partial charge in [-0.1, -0.05) is 65.7 Å². The molecule has 0 N–H and O–H groups in total. The first-order chi connectivity index (χ1) is 14.8. The maximum atomic E-state index is 13.0. The van der Waals surface area contributed by atoms with E-state index in [1.165, 1.54) is 9.13 Å². The van der Waals surface area contributed by atoms with Crippen LogP contribution in [0.15, 0.2) is 76.3 Å². The molecule has 3 aromatic carbocycles. The number of rotatable bonds is 5. The maximum absolute atomic E-state index is 13.0. The smallest absolute Gasteiger partial charge is 0.298 e. The molecule has 0 fully saturated rings. The third kappa shape index (κ3) is 4.09. The average molecular weight is 433 g/mol. The average Bonchev–Trinajstić information content (AvgIpc) is 2.75. The fraction of sp³-hybridized carbons (Fsp3) is 0.160. The second kappa shape index (κ2) is 8.36. The number of nitrogens with zero attached hydrogens (tertiary/aromatic N) is 2. The maximum Gasteiger partial charge on any atom is 0.317 e. The fourth-order valence-corrected chi connectivity index (χ4v) is 3.99. The van der Waals surface area contributed by atoms with Crippen molar-refractivity contribution in [3.8, 4) is 0 Å². The topological polar surface area (TPSA) is 61.1 Å². The van der Waals surface area contributed by atoms with E-state index >= 15 is 0 Å². The van der Waals surface area contributed by atoms with Gasteiger partial charge in [0.2, 0.25) is 0 Å². The van der Waals surface area contributed by atoms with Gasteiger partial charge in [0.1, 0.15) is 0 Å². The zero-order valence-corrected chi connectivity index (χ0v) is 18.0. The third-order valence-electron chi connectivity index (χ3n) is 5.36. The highest BCUT2D eigenvalue weighted by atomic mass is 35.5. The van der Waals surface area contributed by atoms with E-state index in [9.17, 15) is 14.4 Å². The molecular formula is C25H21ClN2O3. The summed E-state index contributed by atoms with van der Waals surface area (Å²) in [6.07, 6.45) is 0. The van der Waals surface area contributed by atoms with E-state index < -0.39 is 11.1 Å². The number of Topliss-reactive ketones (excluding diaryl/α,β-unsaturated/α-hetero) is 1. The number of benzene rings is 3. The van der Waals surface area contributed by atoms with Crippen LogP contribution in [0.4, 0.5) is 0 Å². The first-order valence-corrected chi connectivity index (χ1v) is 10.3. The molecule has 0 aliphatic carbocycles. The number of hydrogen-bond acceptors (Lipinski definition) is 3. The molecule has 0 atom stereocenters. The highest BCUT2D eigenvalue weighted by molar-refractivity contribution is 6.31. The predicted molar refractivity (Wildman–Crippen MR) is 123 cm³/mol. The van der Waals surface area contributed by atoms with E-state index in [0.29, 0.717) is 21.6 Å². The minimum atomic E-state index is -0.746. The fourth-order valence-electron chi connectivity index (χ4n) is 3.83. The molecule has 0 spiro atoms. The molecule has 5 nitrogen and oxygen atoms in total. The third-order valence-corrected chi connectivity index (χ3v) is 5.59. The summed E-state index contributed by atoms with van der Waals surface area (Å²) in [6, 6.07) is 20.0. The second-order valence-electron chi connectivity index (χ2n) is 7.64. The number of carbonyl (C=O) groups excluding carboxylic acids is 1. The van der Waals surface area contributed by atoms with Crippen molar-refractivity contribution in [3.63, 3.8) is 0 Å². The SMILES string of the molecule is Cc1ccc(C(=O)Cn2c(=O)c(=O)n(Cc3ccccc3)c3ccc(Cl)cc32)c(C)c1. The molecule has 156 valence electrons. The van der Waals surface area contributed by atoms with Crippen LogP contribution in [-0.2, 0) is 13.1 Å². The van der Waals surface area contributed by atoms with Crippen LogP contribution >= 0.6 is 11.6 Å². The minimum Gasteiger partial charge on any atom is -0.298 e. The molecule has 1 heterocycles. The number of aromatic nitrogens is 2. The largest absolute Gasteiger partial charge is 0.317 e. The summed E-state index contributed by atoms with van der Waals surface area (Å²) in [5.74, 6) is -0.235. The zero-order valence-electron chi connectivity index (χ0n) is 17.3. The van der Waals surface area contributed by atoms with Gasteiger partial charge in [0, 0.05) is 10.6 Å². The van der Waals surface area contributed by atoms with Crippen LogP contribution in [0.1, 0.15) is 27.0 Å². The first kappa shape index (κ1) is 20.8. The standard InChI is InChI=1S/C25H21ClN2O3/c1-16-8-10-20(17(2)12-16)23(29)15-28-22-13-19(26)9-11-21(22)27(24(30)25(28)31)14-18-6-4-3-5-7-18/h3-13H,14-15H2,1-2H3. The van der Waals surface area contributed by atoms with Gasteiger partial charge in [-0.3, -0.25) is 23.5 Å². The van der Waals surface area contributed by atoms with Crippen LogP contribution in [0.2, 0.25) is 5.02 Å². The lowest BCUT2D eigenvalue weighted by molar-refractivity contribution is 0.0971. The van der Waals surface area contributed by atoms with Gasteiger partial charge in [-0.15, -0.1) is 0 Å². The van der Waals surface area contributed by atoms with Crippen molar-refractivity contribution in [2.45, 2.75) is 26.9 Å². The van der Waals surface area contributed by atoms with Crippen molar-refractivity contribution < 1.29 is 4.79 Å². The highest BCUT2D eigenvalue weighted by Crippen LogP contribution is 2.19. The van der Waals surface area contributed by atoms with Crippen molar-refractivity contribution in [1.29, 1.82) is 0 Å². The van der Waals surface area contributed by atoms with Crippen molar-refractivity contribution in [2.24, 2.45) is 0 Å². The zero-order chi connectivity index (χ0) is 22.1. The predicted octanol–water partition coefficient (Wildman–Crippen LogP) is 4.36. The Kier molecular flexibility index (Phi) is 5.61. The van der Waals surface area contributed by atoms with Crippen molar-refractivity contribution in [2.75, 3.05) is 0 Å². The summed E-state index contributed by atoms with van der Waals surface area (Å²) < 4.78 is 2.66. The molecule has 6 heteroatoms. The molecule has 0 saturated carbocycles. The van der Waals surface area contributed by atoms with E-state index in [0.717, 1.165) is 16.7 Å². The van der Waals surface area contributed by atoms with E-state index in [1.54, 1.807) is 24.3 Å². The van der Waals surface area contributed by atoms with E-state index in [1.807, 2.05) is 56.3 Å². The minimum absolute atomic E-state index is 0.235. The summed E-state index contributed by atoms with van der Waals surface area (Å²) in [7, 11) is 0. The Morgan fingerprint density at radius 3 is 2.26 bits per heavy atom. The quantitative estimate of drug-likeness (QED) is 0.347. The van der Waals surface area contributed by atoms with Gasteiger partial charge in [0.05, 0.1) is 24.1 Å². The molecular weight excluding hydrogens is 412 g/mol. The summed E-state index contributed by atoms with van der Waals surface area (Å²) in [5.41, 5.74) is 2.88. The van der Waals surface area contributed by atoms with Gasteiger partial charge in [0.25, 0.3) is 0 Å². The highest BCUT2D eigenvalue weighted by Gasteiger charge is 2.18.